The number of alkyl halides is 2. The first-order valence-electron chi connectivity index (χ1n) is 9.91. The summed E-state index contributed by atoms with van der Waals surface area (Å²) >= 11 is 0. The van der Waals surface area contributed by atoms with E-state index in [1.54, 1.807) is 24.3 Å². The Morgan fingerprint density at radius 2 is 1.74 bits per heavy atom. The first-order chi connectivity index (χ1) is 14.7. The highest BCUT2D eigenvalue weighted by molar-refractivity contribution is 6.05. The van der Waals surface area contributed by atoms with Crippen LogP contribution in [0.5, 0.6) is 0 Å². The summed E-state index contributed by atoms with van der Waals surface area (Å²) in [7, 11) is 0. The molecule has 2 aliphatic rings. The van der Waals surface area contributed by atoms with Crippen LogP contribution in [0.4, 0.5) is 43.8 Å². The molecule has 0 radical (unpaired) electrons. The predicted octanol–water partition coefficient (Wildman–Crippen LogP) is 4.67. The van der Waals surface area contributed by atoms with Gasteiger partial charge in [-0.1, -0.05) is 12.1 Å². The van der Waals surface area contributed by atoms with Crippen LogP contribution in [0.1, 0.15) is 12.8 Å². The van der Waals surface area contributed by atoms with Crippen molar-refractivity contribution in [3.05, 3.63) is 53.8 Å². The van der Waals surface area contributed by atoms with Crippen LogP contribution in [0.3, 0.4) is 0 Å². The number of piperidine rings is 1. The molecule has 0 bridgehead atoms. The Morgan fingerprint density at radius 1 is 1.10 bits per heavy atom. The Hall–Kier alpha value is -2.88. The molecule has 1 saturated heterocycles. The van der Waals surface area contributed by atoms with E-state index in [0.29, 0.717) is 36.6 Å². The number of rotatable bonds is 3. The molecular weight excluding hydrogens is 419 g/mol. The molecule has 2 N–H and O–H groups in total. The minimum absolute atomic E-state index is 0.203. The first-order valence-corrected chi connectivity index (χ1v) is 9.91. The van der Waals surface area contributed by atoms with Gasteiger partial charge in [0.05, 0.1) is 17.4 Å². The van der Waals surface area contributed by atoms with Crippen molar-refractivity contribution >= 4 is 23.1 Å². The second kappa shape index (κ2) is 8.33. The number of nitrogens with zero attached hydrogens (tertiary/aromatic N) is 2. The van der Waals surface area contributed by atoms with Gasteiger partial charge < -0.3 is 15.5 Å². The van der Waals surface area contributed by atoms with Crippen molar-refractivity contribution in [3.8, 4) is 0 Å². The zero-order chi connectivity index (χ0) is 22.2. The summed E-state index contributed by atoms with van der Waals surface area (Å²) in [6.45, 7) is 1.12. The van der Waals surface area contributed by atoms with E-state index in [0.717, 1.165) is 0 Å². The highest BCUT2D eigenvalue weighted by atomic mass is 19.3. The SMILES string of the molecule is O=C(Nc1cc(F)c(F)c(F)c1)N1c2ccccc2NCC1CN1CCC(F)(F)CC1. The Balaban J connectivity index is 1.57. The summed E-state index contributed by atoms with van der Waals surface area (Å²) in [5, 5.41) is 5.64. The minimum atomic E-state index is -2.68. The quantitative estimate of drug-likeness (QED) is 0.539. The molecule has 1 atom stereocenters. The average molecular weight is 440 g/mol. The number of nitrogens with one attached hydrogen (secondary N) is 2. The van der Waals surface area contributed by atoms with Gasteiger partial charge in [0.2, 0.25) is 0 Å². The molecule has 0 aromatic heterocycles. The number of likely N-dealkylation sites (tertiary alicyclic amines) is 1. The maximum absolute atomic E-state index is 13.6. The average Bonchev–Trinajstić information content (AvgIpc) is 2.73. The molecule has 0 aliphatic carbocycles. The van der Waals surface area contributed by atoms with Crippen LogP contribution in [-0.4, -0.2) is 49.1 Å². The van der Waals surface area contributed by atoms with Gasteiger partial charge in [0.25, 0.3) is 5.92 Å². The Labute approximate surface area is 175 Å². The van der Waals surface area contributed by atoms with E-state index < -0.39 is 35.4 Å². The summed E-state index contributed by atoms with van der Waals surface area (Å²) < 4.78 is 67.3. The van der Waals surface area contributed by atoms with Gasteiger partial charge in [-0.05, 0) is 12.1 Å². The number of anilines is 3. The molecule has 5 nitrogen and oxygen atoms in total. The van der Waals surface area contributed by atoms with Gasteiger partial charge in [-0.25, -0.2) is 26.7 Å². The number of carbonyl (C=O) groups excluding carboxylic acids is 1. The Morgan fingerprint density at radius 3 is 2.42 bits per heavy atom. The summed E-state index contributed by atoms with van der Waals surface area (Å²) in [6, 6.07) is 7.35. The number of urea groups is 1. The Kier molecular flexibility index (Phi) is 5.74. The molecule has 2 aromatic carbocycles. The van der Waals surface area contributed by atoms with E-state index in [-0.39, 0.29) is 31.6 Å². The lowest BCUT2D eigenvalue weighted by Gasteiger charge is -2.41. The van der Waals surface area contributed by atoms with E-state index >= 15 is 0 Å². The van der Waals surface area contributed by atoms with Gasteiger partial charge in [-0.3, -0.25) is 4.90 Å². The Bertz CT molecular complexity index is 953. The van der Waals surface area contributed by atoms with Crippen molar-refractivity contribution in [1.29, 1.82) is 0 Å². The van der Waals surface area contributed by atoms with Crippen molar-refractivity contribution in [2.45, 2.75) is 24.8 Å². The van der Waals surface area contributed by atoms with Gasteiger partial charge >= 0.3 is 6.03 Å². The fourth-order valence-corrected chi connectivity index (χ4v) is 3.94. The third-order valence-electron chi connectivity index (χ3n) is 5.57. The van der Waals surface area contributed by atoms with Crippen molar-refractivity contribution in [2.75, 3.05) is 41.7 Å². The van der Waals surface area contributed by atoms with Crippen LogP contribution in [0.25, 0.3) is 0 Å². The topological polar surface area (TPSA) is 47.6 Å². The minimum Gasteiger partial charge on any atom is -0.381 e. The van der Waals surface area contributed by atoms with Gasteiger partial charge in [0.1, 0.15) is 0 Å². The number of benzene rings is 2. The van der Waals surface area contributed by atoms with E-state index in [4.69, 9.17) is 0 Å². The van der Waals surface area contributed by atoms with E-state index in [1.165, 1.54) is 4.90 Å². The van der Waals surface area contributed by atoms with Crippen molar-refractivity contribution < 1.29 is 26.7 Å². The van der Waals surface area contributed by atoms with Gasteiger partial charge in [0.15, 0.2) is 17.5 Å². The molecule has 4 rings (SSSR count). The van der Waals surface area contributed by atoms with E-state index in [2.05, 4.69) is 10.6 Å². The number of halogens is 5. The molecule has 2 aromatic rings. The van der Waals surface area contributed by atoms with Crippen LogP contribution in [0.2, 0.25) is 0 Å². The van der Waals surface area contributed by atoms with Gasteiger partial charge in [0, 0.05) is 56.8 Å². The highest BCUT2D eigenvalue weighted by Crippen LogP contribution is 2.33. The number of hydrogen-bond acceptors (Lipinski definition) is 3. The molecule has 2 heterocycles. The van der Waals surface area contributed by atoms with Gasteiger partial charge in [-0.2, -0.15) is 0 Å². The zero-order valence-electron chi connectivity index (χ0n) is 16.5. The molecule has 0 saturated carbocycles. The first kappa shape index (κ1) is 21.4. The summed E-state index contributed by atoms with van der Waals surface area (Å²) in [6.07, 6.45) is -0.492. The molecule has 0 spiro atoms. The number of amides is 2. The van der Waals surface area contributed by atoms with Crippen LogP contribution in [0, 0.1) is 17.5 Å². The smallest absolute Gasteiger partial charge is 0.326 e. The van der Waals surface area contributed by atoms with E-state index in [1.807, 2.05) is 4.90 Å². The fourth-order valence-electron chi connectivity index (χ4n) is 3.94. The number of carbonyl (C=O) groups is 1. The molecular formula is C21H21F5N4O. The summed E-state index contributed by atoms with van der Waals surface area (Å²) in [5.74, 6) is -7.13. The maximum Gasteiger partial charge on any atom is 0.326 e. The van der Waals surface area contributed by atoms with Crippen molar-refractivity contribution in [3.63, 3.8) is 0 Å². The maximum atomic E-state index is 13.6. The van der Waals surface area contributed by atoms with E-state index in [9.17, 15) is 26.7 Å². The molecule has 2 amide bonds. The highest BCUT2D eigenvalue weighted by Gasteiger charge is 2.37. The monoisotopic (exact) mass is 440 g/mol. The van der Waals surface area contributed by atoms with Crippen LogP contribution in [-0.2, 0) is 0 Å². The summed E-state index contributed by atoms with van der Waals surface area (Å²) in [5.41, 5.74) is 1.01. The lowest BCUT2D eigenvalue weighted by Crippen LogP contribution is -2.55. The molecule has 1 unspecified atom stereocenters. The standard InChI is InChI=1S/C21H21F5N4O/c22-15-9-13(10-16(23)19(15)24)28-20(31)30-14(11-27-17-3-1-2-4-18(17)30)12-29-7-5-21(25,26)6-8-29/h1-4,9-10,14,27H,5-8,11-12H2,(H,28,31). The van der Waals surface area contributed by atoms with Crippen LogP contribution < -0.4 is 15.5 Å². The zero-order valence-corrected chi connectivity index (χ0v) is 16.5. The van der Waals surface area contributed by atoms with Crippen molar-refractivity contribution in [2.24, 2.45) is 0 Å². The third-order valence-corrected chi connectivity index (χ3v) is 5.57. The fraction of sp³-hybridized carbons (Fsp3) is 0.381. The number of fused-ring (bicyclic) bond motifs is 1. The second-order valence-electron chi connectivity index (χ2n) is 7.76. The largest absolute Gasteiger partial charge is 0.381 e. The normalized spacial score (nSPS) is 20.7. The molecule has 1 fully saturated rings. The van der Waals surface area contributed by atoms with Crippen LogP contribution in [0.15, 0.2) is 36.4 Å². The molecule has 2 aliphatic heterocycles. The lowest BCUT2D eigenvalue weighted by atomic mass is 10.0. The molecule has 166 valence electrons. The molecule has 10 heteroatoms. The van der Waals surface area contributed by atoms with Gasteiger partial charge in [-0.15, -0.1) is 0 Å². The summed E-state index contributed by atoms with van der Waals surface area (Å²) in [4.78, 5) is 16.4. The third kappa shape index (κ3) is 4.58. The predicted molar refractivity (Wildman–Crippen MR) is 107 cm³/mol. The number of hydrogen-bond donors (Lipinski definition) is 2. The lowest BCUT2D eigenvalue weighted by molar-refractivity contribution is -0.0556. The second-order valence-corrected chi connectivity index (χ2v) is 7.76. The van der Waals surface area contributed by atoms with Crippen molar-refractivity contribution in [1.82, 2.24) is 4.90 Å². The van der Waals surface area contributed by atoms with Crippen LogP contribution >= 0.6 is 0 Å². The molecule has 31 heavy (non-hydrogen) atoms. The number of para-hydroxylation sites is 2.